The second-order valence-corrected chi connectivity index (χ2v) is 8.81. The fraction of sp³-hybridized carbons (Fsp3) is 0.261. The molecule has 6 rings (SSSR count). The Morgan fingerprint density at radius 1 is 1.26 bits per heavy atom. The Morgan fingerprint density at radius 3 is 2.91 bits per heavy atom. The summed E-state index contributed by atoms with van der Waals surface area (Å²) in [6.07, 6.45) is 12.1. The van der Waals surface area contributed by atoms with Crippen LogP contribution in [0, 0.1) is 0 Å². The van der Waals surface area contributed by atoms with E-state index in [2.05, 4.69) is 25.4 Å². The molecule has 1 aliphatic carbocycles. The third kappa shape index (κ3) is 3.78. The molecule has 0 aromatic carbocycles. The number of nitrogens with zero attached hydrogens (tertiary/aromatic N) is 7. The molecule has 0 saturated heterocycles. The number of ether oxygens (including phenoxy) is 1. The molecule has 1 aliphatic rings. The van der Waals surface area contributed by atoms with Gasteiger partial charge in [-0.05, 0) is 30.4 Å². The van der Waals surface area contributed by atoms with Crippen LogP contribution in [0.2, 0.25) is 5.02 Å². The first kappa shape index (κ1) is 21.6. The van der Waals surface area contributed by atoms with E-state index in [0.29, 0.717) is 50.8 Å². The number of hydrogen-bond acceptors (Lipinski definition) is 8. The zero-order chi connectivity index (χ0) is 24.1. The number of pyridine rings is 2. The molecule has 0 amide bonds. The van der Waals surface area contributed by atoms with Gasteiger partial charge in [0.05, 0.1) is 25.2 Å². The standard InChI is InChI=1S/C23H21ClN8O3/c1-30-20-19(24)18(35-17-11-27-32-5-4-25-9-16(17)32)10-26-21(20)29-23(30)28-15-8-14(13-2-3-13)12-31(6-7-33)22(15)34/h4-5,8-13,33H,2-3,6-7H2,1H3,(H,26,28,29). The molecule has 1 fully saturated rings. The van der Waals surface area contributed by atoms with Gasteiger partial charge in [-0.1, -0.05) is 11.6 Å². The molecular weight excluding hydrogens is 472 g/mol. The molecule has 12 heteroatoms. The van der Waals surface area contributed by atoms with E-state index in [1.165, 1.54) is 10.8 Å². The van der Waals surface area contributed by atoms with Crippen molar-refractivity contribution in [2.45, 2.75) is 25.3 Å². The Labute approximate surface area is 203 Å². The van der Waals surface area contributed by atoms with E-state index in [0.717, 1.165) is 18.4 Å². The lowest BCUT2D eigenvalue weighted by atomic mass is 10.2. The lowest BCUT2D eigenvalue weighted by molar-refractivity contribution is 0.274. The monoisotopic (exact) mass is 492 g/mol. The van der Waals surface area contributed by atoms with Gasteiger partial charge in [0.1, 0.15) is 21.7 Å². The minimum Gasteiger partial charge on any atom is -0.450 e. The van der Waals surface area contributed by atoms with Crippen molar-refractivity contribution in [3.63, 3.8) is 0 Å². The first-order chi connectivity index (χ1) is 17.0. The molecule has 5 heterocycles. The number of hydrogen-bond donors (Lipinski definition) is 2. The lowest BCUT2D eigenvalue weighted by Crippen LogP contribution is -2.24. The molecule has 0 spiro atoms. The van der Waals surface area contributed by atoms with Crippen LogP contribution in [-0.4, -0.2) is 45.4 Å². The normalized spacial score (nSPS) is 13.6. The topological polar surface area (TPSA) is 124 Å². The van der Waals surface area contributed by atoms with Gasteiger partial charge in [-0.25, -0.2) is 9.50 Å². The van der Waals surface area contributed by atoms with E-state index < -0.39 is 0 Å². The molecule has 35 heavy (non-hydrogen) atoms. The minimum atomic E-state index is -0.236. The van der Waals surface area contributed by atoms with Crippen LogP contribution < -0.4 is 15.6 Å². The third-order valence-corrected chi connectivity index (χ3v) is 6.42. The Bertz CT molecular complexity index is 1640. The number of aromatic nitrogens is 7. The Morgan fingerprint density at radius 2 is 2.11 bits per heavy atom. The van der Waals surface area contributed by atoms with Crippen molar-refractivity contribution in [1.29, 1.82) is 0 Å². The molecular formula is C23H21ClN8O3. The molecule has 2 N–H and O–H groups in total. The maximum Gasteiger partial charge on any atom is 0.274 e. The second-order valence-electron chi connectivity index (χ2n) is 8.43. The van der Waals surface area contributed by atoms with Crippen molar-refractivity contribution in [3.8, 4) is 11.5 Å². The van der Waals surface area contributed by atoms with Gasteiger partial charge in [0.15, 0.2) is 17.1 Å². The summed E-state index contributed by atoms with van der Waals surface area (Å²) in [5.74, 6) is 1.68. The zero-order valence-electron chi connectivity index (χ0n) is 18.7. The van der Waals surface area contributed by atoms with Crippen molar-refractivity contribution >= 4 is 39.9 Å². The molecule has 0 bridgehead atoms. The summed E-state index contributed by atoms with van der Waals surface area (Å²) in [6.45, 7) is 0.106. The average Bonchev–Trinajstić information content (AvgIpc) is 3.56. The van der Waals surface area contributed by atoms with E-state index in [1.807, 2.05) is 12.3 Å². The smallest absolute Gasteiger partial charge is 0.274 e. The first-order valence-electron chi connectivity index (χ1n) is 11.1. The molecule has 0 unspecified atom stereocenters. The Balaban J connectivity index is 1.37. The lowest BCUT2D eigenvalue weighted by Gasteiger charge is -2.12. The summed E-state index contributed by atoms with van der Waals surface area (Å²) in [5, 5.41) is 17.1. The van der Waals surface area contributed by atoms with E-state index in [-0.39, 0.29) is 18.7 Å². The minimum absolute atomic E-state index is 0.120. The van der Waals surface area contributed by atoms with Crippen LogP contribution in [0.1, 0.15) is 24.3 Å². The highest BCUT2D eigenvalue weighted by Gasteiger charge is 2.26. The fourth-order valence-corrected chi connectivity index (χ4v) is 4.39. The number of aliphatic hydroxyl groups is 1. The average molecular weight is 493 g/mol. The molecule has 178 valence electrons. The number of aliphatic hydroxyl groups excluding tert-OH is 1. The highest BCUT2D eigenvalue weighted by Crippen LogP contribution is 2.41. The van der Waals surface area contributed by atoms with Gasteiger partial charge in [0, 0.05) is 32.2 Å². The second kappa shape index (κ2) is 8.36. The van der Waals surface area contributed by atoms with Gasteiger partial charge in [-0.3, -0.25) is 9.78 Å². The summed E-state index contributed by atoms with van der Waals surface area (Å²) in [7, 11) is 1.78. The van der Waals surface area contributed by atoms with Gasteiger partial charge in [-0.15, -0.1) is 0 Å². The van der Waals surface area contributed by atoms with Crippen LogP contribution in [-0.2, 0) is 13.6 Å². The number of anilines is 2. The van der Waals surface area contributed by atoms with Crippen LogP contribution in [0.15, 0.2) is 48.0 Å². The summed E-state index contributed by atoms with van der Waals surface area (Å²) < 4.78 is 10.9. The van der Waals surface area contributed by atoms with Gasteiger partial charge in [0.25, 0.3) is 5.56 Å². The van der Waals surface area contributed by atoms with E-state index >= 15 is 0 Å². The number of fused-ring (bicyclic) bond motifs is 2. The van der Waals surface area contributed by atoms with Gasteiger partial charge in [-0.2, -0.15) is 10.1 Å². The number of imidazole rings is 1. The van der Waals surface area contributed by atoms with Crippen molar-refractivity contribution in [2.75, 3.05) is 11.9 Å². The van der Waals surface area contributed by atoms with E-state index in [1.54, 1.807) is 40.9 Å². The van der Waals surface area contributed by atoms with Gasteiger partial charge in [0.2, 0.25) is 5.95 Å². The first-order valence-corrected chi connectivity index (χ1v) is 11.5. The quantitative estimate of drug-likeness (QED) is 0.355. The van der Waals surface area contributed by atoms with Crippen LogP contribution in [0.5, 0.6) is 11.5 Å². The molecule has 5 aromatic heterocycles. The Hall–Kier alpha value is -3.96. The summed E-state index contributed by atoms with van der Waals surface area (Å²) in [4.78, 5) is 26.0. The van der Waals surface area contributed by atoms with Crippen molar-refractivity contribution in [1.82, 2.24) is 33.7 Å². The largest absolute Gasteiger partial charge is 0.450 e. The third-order valence-electron chi connectivity index (χ3n) is 6.06. The SMILES string of the molecule is Cn1c(Nc2cc(C3CC3)cn(CCO)c2=O)nc2ncc(Oc3cnn4ccncc34)c(Cl)c21. The summed E-state index contributed by atoms with van der Waals surface area (Å²) in [6, 6.07) is 1.86. The van der Waals surface area contributed by atoms with E-state index in [9.17, 15) is 9.90 Å². The van der Waals surface area contributed by atoms with Crippen molar-refractivity contribution in [2.24, 2.45) is 7.05 Å². The van der Waals surface area contributed by atoms with Crippen molar-refractivity contribution < 1.29 is 9.84 Å². The van der Waals surface area contributed by atoms with Crippen LogP contribution in [0.3, 0.4) is 0 Å². The van der Waals surface area contributed by atoms with Crippen LogP contribution >= 0.6 is 11.6 Å². The zero-order valence-corrected chi connectivity index (χ0v) is 19.5. The predicted molar refractivity (Wildman–Crippen MR) is 130 cm³/mol. The number of rotatable bonds is 7. The Kier molecular flexibility index (Phi) is 5.15. The summed E-state index contributed by atoms with van der Waals surface area (Å²) >= 11 is 6.71. The molecule has 0 aliphatic heterocycles. The predicted octanol–water partition coefficient (Wildman–Crippen LogP) is 3.23. The highest BCUT2D eigenvalue weighted by atomic mass is 35.5. The number of nitrogens with one attached hydrogen (secondary N) is 1. The maximum atomic E-state index is 13.0. The number of aryl methyl sites for hydroxylation is 1. The van der Waals surface area contributed by atoms with Gasteiger partial charge >= 0.3 is 0 Å². The molecule has 11 nitrogen and oxygen atoms in total. The van der Waals surface area contributed by atoms with Crippen LogP contribution in [0.4, 0.5) is 11.6 Å². The number of halogens is 1. The summed E-state index contributed by atoms with van der Waals surface area (Å²) in [5.41, 5.74) is 2.85. The molecule has 5 aromatic rings. The highest BCUT2D eigenvalue weighted by molar-refractivity contribution is 6.36. The molecule has 1 saturated carbocycles. The van der Waals surface area contributed by atoms with E-state index in [4.69, 9.17) is 16.3 Å². The fourth-order valence-electron chi connectivity index (χ4n) is 4.09. The van der Waals surface area contributed by atoms with Crippen LogP contribution in [0.25, 0.3) is 16.7 Å². The molecule has 0 radical (unpaired) electrons. The van der Waals surface area contributed by atoms with Crippen molar-refractivity contribution in [3.05, 3.63) is 64.2 Å². The van der Waals surface area contributed by atoms with Gasteiger partial charge < -0.3 is 24.3 Å². The maximum absolute atomic E-state index is 13.0. The molecule has 0 atom stereocenters.